The minimum atomic E-state index is -0.122. The summed E-state index contributed by atoms with van der Waals surface area (Å²) >= 11 is 5.92. The molecule has 0 aliphatic carbocycles. The van der Waals surface area contributed by atoms with Gasteiger partial charge >= 0.3 is 0 Å². The number of halogens is 2. The Kier molecular flexibility index (Phi) is 8.35. The van der Waals surface area contributed by atoms with Crippen LogP contribution in [0, 0.1) is 0 Å². The maximum atomic E-state index is 5.96. The van der Waals surface area contributed by atoms with Crippen molar-refractivity contribution in [1.29, 1.82) is 0 Å². The van der Waals surface area contributed by atoms with E-state index in [0.717, 1.165) is 23.6 Å². The van der Waals surface area contributed by atoms with E-state index in [9.17, 15) is 0 Å². The minimum Gasteiger partial charge on any atom is -0.486 e. The van der Waals surface area contributed by atoms with Crippen molar-refractivity contribution in [3.63, 3.8) is 0 Å². The molecule has 31 heavy (non-hydrogen) atoms. The molecule has 0 spiro atoms. The molecule has 164 valence electrons. The fraction of sp³-hybridized carbons (Fsp3) is 0.286. The highest BCUT2D eigenvalue weighted by molar-refractivity contribution is 14.0. The predicted octanol–water partition coefficient (Wildman–Crippen LogP) is 3.90. The van der Waals surface area contributed by atoms with Crippen molar-refractivity contribution >= 4 is 41.5 Å². The Labute approximate surface area is 202 Å². The summed E-state index contributed by atoms with van der Waals surface area (Å²) in [7, 11) is 0. The first-order valence-electron chi connectivity index (χ1n) is 9.70. The molecule has 4 rings (SSSR count). The van der Waals surface area contributed by atoms with E-state index in [-0.39, 0.29) is 36.6 Å². The summed E-state index contributed by atoms with van der Waals surface area (Å²) in [5.41, 5.74) is 0.832. The zero-order chi connectivity index (χ0) is 20.8. The van der Waals surface area contributed by atoms with Gasteiger partial charge < -0.3 is 24.6 Å². The number of nitrogens with zero attached hydrogens (tertiary/aromatic N) is 3. The molecule has 3 aromatic rings. The number of benzene rings is 2. The average molecular weight is 556 g/mol. The van der Waals surface area contributed by atoms with Gasteiger partial charge in [-0.25, -0.2) is 4.99 Å². The van der Waals surface area contributed by atoms with Crippen LogP contribution < -0.4 is 20.1 Å². The molecule has 0 saturated carbocycles. The van der Waals surface area contributed by atoms with Crippen molar-refractivity contribution in [1.82, 2.24) is 20.8 Å². The quantitative estimate of drug-likeness (QED) is 0.271. The number of hydrogen-bond acceptors (Lipinski definition) is 6. The van der Waals surface area contributed by atoms with Crippen LogP contribution in [-0.2, 0) is 6.54 Å². The van der Waals surface area contributed by atoms with Crippen LogP contribution in [0.5, 0.6) is 11.5 Å². The number of aliphatic imine (C=N–C) groups is 1. The third-order valence-corrected chi connectivity index (χ3v) is 4.60. The van der Waals surface area contributed by atoms with Gasteiger partial charge in [-0.15, -0.1) is 24.0 Å². The Bertz CT molecular complexity index is 1010. The lowest BCUT2D eigenvalue weighted by Crippen LogP contribution is -2.45. The molecule has 0 amide bonds. The third-order valence-electron chi connectivity index (χ3n) is 4.35. The van der Waals surface area contributed by atoms with Crippen molar-refractivity contribution in [2.24, 2.45) is 4.99 Å². The topological polar surface area (TPSA) is 93.8 Å². The lowest BCUT2D eigenvalue weighted by atomic mass is 10.2. The molecule has 0 fully saturated rings. The first-order valence-corrected chi connectivity index (χ1v) is 10.1. The van der Waals surface area contributed by atoms with Crippen molar-refractivity contribution in [3.8, 4) is 22.9 Å². The second-order valence-corrected chi connectivity index (χ2v) is 7.03. The first kappa shape index (κ1) is 23.1. The van der Waals surface area contributed by atoms with Crippen LogP contribution in [0.3, 0.4) is 0 Å². The Hall–Kier alpha value is -2.53. The fourth-order valence-electron chi connectivity index (χ4n) is 2.90. The summed E-state index contributed by atoms with van der Waals surface area (Å²) in [5.74, 6) is 3.07. The number of aromatic nitrogens is 2. The van der Waals surface area contributed by atoms with Gasteiger partial charge in [-0.1, -0.05) is 28.9 Å². The highest BCUT2D eigenvalue weighted by Crippen LogP contribution is 2.30. The van der Waals surface area contributed by atoms with Gasteiger partial charge in [0.1, 0.15) is 19.3 Å². The maximum absolute atomic E-state index is 5.96. The Morgan fingerprint density at radius 3 is 2.68 bits per heavy atom. The number of ether oxygens (including phenoxy) is 2. The highest BCUT2D eigenvalue weighted by Gasteiger charge is 2.20. The van der Waals surface area contributed by atoms with Crippen LogP contribution in [0.2, 0.25) is 5.02 Å². The summed E-state index contributed by atoms with van der Waals surface area (Å²) in [6.07, 6.45) is -0.122. The third kappa shape index (κ3) is 6.23. The molecule has 0 saturated heterocycles. The maximum Gasteiger partial charge on any atom is 0.248 e. The van der Waals surface area contributed by atoms with Crippen LogP contribution >= 0.6 is 35.6 Å². The number of nitrogens with one attached hydrogen (secondary N) is 2. The number of fused-ring (bicyclic) bond motifs is 1. The Balaban J connectivity index is 0.00000272. The molecule has 1 aliphatic heterocycles. The normalized spacial score (nSPS) is 15.2. The van der Waals surface area contributed by atoms with E-state index < -0.39 is 0 Å². The molecule has 1 aromatic heterocycles. The van der Waals surface area contributed by atoms with E-state index in [1.165, 1.54) is 0 Å². The summed E-state index contributed by atoms with van der Waals surface area (Å²) in [6.45, 7) is 3.98. The zero-order valence-corrected chi connectivity index (χ0v) is 20.0. The van der Waals surface area contributed by atoms with E-state index in [1.807, 2.05) is 43.3 Å². The second kappa shape index (κ2) is 11.2. The van der Waals surface area contributed by atoms with Gasteiger partial charge in [-0.2, -0.15) is 4.98 Å². The van der Waals surface area contributed by atoms with Gasteiger partial charge in [0.05, 0.1) is 6.54 Å². The summed E-state index contributed by atoms with van der Waals surface area (Å²) in [5, 5.41) is 11.1. The summed E-state index contributed by atoms with van der Waals surface area (Å²) < 4.78 is 17.0. The molecule has 0 bridgehead atoms. The van der Waals surface area contributed by atoms with Crippen molar-refractivity contribution in [2.75, 3.05) is 19.7 Å². The number of hydrogen-bond donors (Lipinski definition) is 2. The summed E-state index contributed by atoms with van der Waals surface area (Å²) in [6, 6.07) is 14.9. The van der Waals surface area contributed by atoms with Gasteiger partial charge in [0.2, 0.25) is 11.7 Å². The SMILES string of the molecule is CCNC(=NCc1nc(-c2ccc(Cl)cc2)no1)NCC1COc2ccccc2O1.I. The van der Waals surface area contributed by atoms with Crippen molar-refractivity contribution in [3.05, 3.63) is 59.4 Å². The molecule has 10 heteroatoms. The van der Waals surface area contributed by atoms with Crippen LogP contribution in [0.25, 0.3) is 11.4 Å². The van der Waals surface area contributed by atoms with Crippen molar-refractivity contribution in [2.45, 2.75) is 19.6 Å². The Morgan fingerprint density at radius 1 is 1.13 bits per heavy atom. The molecular weight excluding hydrogens is 533 g/mol. The molecular formula is C21H23ClIN5O3. The van der Waals surface area contributed by atoms with Gasteiger partial charge in [0.25, 0.3) is 0 Å². The predicted molar refractivity (Wildman–Crippen MR) is 129 cm³/mol. The monoisotopic (exact) mass is 555 g/mol. The second-order valence-electron chi connectivity index (χ2n) is 6.59. The lowest BCUT2D eigenvalue weighted by molar-refractivity contribution is 0.0936. The van der Waals surface area contributed by atoms with Crippen LogP contribution in [0.15, 0.2) is 58.0 Å². The van der Waals surface area contributed by atoms with Gasteiger partial charge in [-0.3, -0.25) is 0 Å². The molecule has 2 N–H and O–H groups in total. The standard InChI is InChI=1S/C21H22ClN5O3.HI/c1-2-23-21(24-11-16-13-28-17-5-3-4-6-18(17)29-16)25-12-19-26-20(27-30-19)14-7-9-15(22)10-8-14;/h3-10,16H,2,11-13H2,1H3,(H2,23,24,25);1H. The molecule has 0 radical (unpaired) electrons. The van der Waals surface area contributed by atoms with E-state index >= 15 is 0 Å². The van der Waals surface area contributed by atoms with Crippen LogP contribution in [0.4, 0.5) is 0 Å². The number of para-hydroxylation sites is 2. The Morgan fingerprint density at radius 2 is 1.90 bits per heavy atom. The molecule has 1 aliphatic rings. The molecule has 2 aromatic carbocycles. The first-order chi connectivity index (χ1) is 14.7. The van der Waals surface area contributed by atoms with Gasteiger partial charge in [0.15, 0.2) is 17.5 Å². The zero-order valence-electron chi connectivity index (χ0n) is 16.9. The molecule has 2 heterocycles. The fourth-order valence-corrected chi connectivity index (χ4v) is 3.02. The van der Waals surface area contributed by atoms with Gasteiger partial charge in [-0.05, 0) is 43.3 Å². The lowest BCUT2D eigenvalue weighted by Gasteiger charge is -2.27. The smallest absolute Gasteiger partial charge is 0.248 e. The molecule has 1 unspecified atom stereocenters. The highest BCUT2D eigenvalue weighted by atomic mass is 127. The van der Waals surface area contributed by atoms with E-state index in [0.29, 0.717) is 35.8 Å². The van der Waals surface area contributed by atoms with Gasteiger partial charge in [0, 0.05) is 17.1 Å². The average Bonchev–Trinajstić information content (AvgIpc) is 3.25. The van der Waals surface area contributed by atoms with Crippen molar-refractivity contribution < 1.29 is 14.0 Å². The van der Waals surface area contributed by atoms with Crippen LogP contribution in [-0.4, -0.2) is 41.9 Å². The van der Waals surface area contributed by atoms with Crippen LogP contribution in [0.1, 0.15) is 12.8 Å². The summed E-state index contributed by atoms with van der Waals surface area (Å²) in [4.78, 5) is 8.90. The van der Waals surface area contributed by atoms with E-state index in [1.54, 1.807) is 12.1 Å². The van der Waals surface area contributed by atoms with E-state index in [4.69, 9.17) is 25.6 Å². The number of rotatable bonds is 6. The minimum absolute atomic E-state index is 0. The molecule has 1 atom stereocenters. The molecule has 8 nitrogen and oxygen atoms in total. The van der Waals surface area contributed by atoms with E-state index in [2.05, 4.69) is 25.8 Å². The largest absolute Gasteiger partial charge is 0.486 e. The number of guanidine groups is 1.